The zero-order chi connectivity index (χ0) is 13.1. The van der Waals surface area contributed by atoms with E-state index in [4.69, 9.17) is 5.73 Å². The Labute approximate surface area is 110 Å². The van der Waals surface area contributed by atoms with Crippen LogP contribution in [0.1, 0.15) is 25.5 Å². The first-order valence-electron chi connectivity index (χ1n) is 6.91. The van der Waals surface area contributed by atoms with Crippen molar-refractivity contribution in [3.05, 3.63) is 30.1 Å². The molecule has 4 N–H and O–H groups in total. The van der Waals surface area contributed by atoms with Crippen molar-refractivity contribution >= 4 is 0 Å². The molecule has 4 heteroatoms. The number of hydrogen-bond donors (Lipinski definition) is 3. The van der Waals surface area contributed by atoms with Crippen molar-refractivity contribution in [2.24, 2.45) is 5.73 Å². The SMILES string of the molecule is CCC(Cc1ccccn1)NCCNCCCN. The standard InChI is InChI=1S/C14H26N4/c1-2-13(12-14-6-3-4-9-17-14)18-11-10-16-8-5-7-15/h3-4,6,9,13,16,18H,2,5,7-8,10-12,15H2,1H3. The van der Waals surface area contributed by atoms with E-state index >= 15 is 0 Å². The molecule has 4 nitrogen and oxygen atoms in total. The third-order valence-corrected chi connectivity index (χ3v) is 2.97. The van der Waals surface area contributed by atoms with Crippen LogP contribution in [0, 0.1) is 0 Å². The summed E-state index contributed by atoms with van der Waals surface area (Å²) in [5.74, 6) is 0. The molecule has 0 saturated heterocycles. The monoisotopic (exact) mass is 250 g/mol. The Kier molecular flexibility index (Phi) is 8.38. The van der Waals surface area contributed by atoms with E-state index in [9.17, 15) is 0 Å². The van der Waals surface area contributed by atoms with Crippen molar-refractivity contribution in [1.82, 2.24) is 15.6 Å². The summed E-state index contributed by atoms with van der Waals surface area (Å²) in [4.78, 5) is 4.37. The lowest BCUT2D eigenvalue weighted by molar-refractivity contribution is 0.480. The van der Waals surface area contributed by atoms with Gasteiger partial charge in [-0.1, -0.05) is 13.0 Å². The quantitative estimate of drug-likeness (QED) is 0.541. The molecule has 1 aromatic rings. The maximum absolute atomic E-state index is 5.44. The molecule has 0 aromatic carbocycles. The van der Waals surface area contributed by atoms with Gasteiger partial charge in [-0.15, -0.1) is 0 Å². The summed E-state index contributed by atoms with van der Waals surface area (Å²) < 4.78 is 0. The number of aromatic nitrogens is 1. The summed E-state index contributed by atoms with van der Waals surface area (Å²) in [7, 11) is 0. The van der Waals surface area contributed by atoms with Gasteiger partial charge < -0.3 is 16.4 Å². The number of rotatable bonds is 10. The fourth-order valence-electron chi connectivity index (χ4n) is 1.85. The summed E-state index contributed by atoms with van der Waals surface area (Å²) in [5.41, 5.74) is 6.60. The molecule has 0 spiro atoms. The molecule has 0 radical (unpaired) electrons. The van der Waals surface area contributed by atoms with E-state index in [0.29, 0.717) is 6.04 Å². The van der Waals surface area contributed by atoms with Crippen LogP contribution >= 0.6 is 0 Å². The molecule has 1 rings (SSSR count). The maximum atomic E-state index is 5.44. The van der Waals surface area contributed by atoms with Gasteiger partial charge in [0.2, 0.25) is 0 Å². The summed E-state index contributed by atoms with van der Waals surface area (Å²) in [6, 6.07) is 6.60. The first-order valence-corrected chi connectivity index (χ1v) is 6.91. The topological polar surface area (TPSA) is 63.0 Å². The lowest BCUT2D eigenvalue weighted by Crippen LogP contribution is -2.36. The predicted octanol–water partition coefficient (Wildman–Crippen LogP) is 0.931. The molecule has 1 heterocycles. The second-order valence-electron chi connectivity index (χ2n) is 4.48. The highest BCUT2D eigenvalue weighted by Crippen LogP contribution is 2.02. The van der Waals surface area contributed by atoms with E-state index in [2.05, 4.69) is 28.6 Å². The van der Waals surface area contributed by atoms with E-state index in [-0.39, 0.29) is 0 Å². The molecular formula is C14H26N4. The van der Waals surface area contributed by atoms with E-state index in [0.717, 1.165) is 51.1 Å². The van der Waals surface area contributed by atoms with Crippen LogP contribution in [0.5, 0.6) is 0 Å². The first-order chi connectivity index (χ1) is 8.86. The van der Waals surface area contributed by atoms with Gasteiger partial charge in [0.1, 0.15) is 0 Å². The zero-order valence-corrected chi connectivity index (χ0v) is 11.4. The molecule has 1 aromatic heterocycles. The minimum atomic E-state index is 0.510. The van der Waals surface area contributed by atoms with Gasteiger partial charge in [0.05, 0.1) is 0 Å². The number of hydrogen-bond acceptors (Lipinski definition) is 4. The first kappa shape index (κ1) is 15.1. The Balaban J connectivity index is 2.14. The lowest BCUT2D eigenvalue weighted by Gasteiger charge is -2.16. The highest BCUT2D eigenvalue weighted by molar-refractivity contribution is 5.05. The van der Waals surface area contributed by atoms with Crippen LogP contribution in [-0.2, 0) is 6.42 Å². The van der Waals surface area contributed by atoms with Gasteiger partial charge in [-0.25, -0.2) is 0 Å². The maximum Gasteiger partial charge on any atom is 0.0419 e. The molecule has 0 fully saturated rings. The molecule has 0 aliphatic carbocycles. The van der Waals surface area contributed by atoms with Crippen molar-refractivity contribution in [2.75, 3.05) is 26.2 Å². The fourth-order valence-corrected chi connectivity index (χ4v) is 1.85. The van der Waals surface area contributed by atoms with Crippen LogP contribution < -0.4 is 16.4 Å². The van der Waals surface area contributed by atoms with Gasteiger partial charge in [0.25, 0.3) is 0 Å². The van der Waals surface area contributed by atoms with Crippen molar-refractivity contribution in [3.63, 3.8) is 0 Å². The zero-order valence-electron chi connectivity index (χ0n) is 11.4. The van der Waals surface area contributed by atoms with Crippen LogP contribution in [0.15, 0.2) is 24.4 Å². The minimum absolute atomic E-state index is 0.510. The van der Waals surface area contributed by atoms with E-state index in [1.165, 1.54) is 0 Å². The van der Waals surface area contributed by atoms with Crippen LogP contribution in [0.2, 0.25) is 0 Å². The molecule has 0 bridgehead atoms. The largest absolute Gasteiger partial charge is 0.330 e. The minimum Gasteiger partial charge on any atom is -0.330 e. The van der Waals surface area contributed by atoms with E-state index in [1.807, 2.05) is 18.3 Å². The Morgan fingerprint density at radius 1 is 1.28 bits per heavy atom. The summed E-state index contributed by atoms with van der Waals surface area (Å²) in [5, 5.41) is 6.93. The van der Waals surface area contributed by atoms with Crippen LogP contribution in [-0.4, -0.2) is 37.2 Å². The van der Waals surface area contributed by atoms with E-state index < -0.39 is 0 Å². The average Bonchev–Trinajstić information content (AvgIpc) is 2.42. The van der Waals surface area contributed by atoms with Gasteiger partial charge in [0.15, 0.2) is 0 Å². The van der Waals surface area contributed by atoms with Gasteiger partial charge in [0, 0.05) is 37.4 Å². The lowest BCUT2D eigenvalue weighted by atomic mass is 10.1. The Morgan fingerprint density at radius 3 is 2.83 bits per heavy atom. The predicted molar refractivity (Wildman–Crippen MR) is 76.6 cm³/mol. The smallest absolute Gasteiger partial charge is 0.0419 e. The van der Waals surface area contributed by atoms with E-state index in [1.54, 1.807) is 0 Å². The molecule has 0 saturated carbocycles. The van der Waals surface area contributed by atoms with Gasteiger partial charge in [-0.3, -0.25) is 4.98 Å². The number of nitrogens with one attached hydrogen (secondary N) is 2. The molecule has 102 valence electrons. The number of nitrogens with zero attached hydrogens (tertiary/aromatic N) is 1. The summed E-state index contributed by atoms with van der Waals surface area (Å²) >= 11 is 0. The van der Waals surface area contributed by atoms with Gasteiger partial charge in [-0.2, -0.15) is 0 Å². The normalized spacial score (nSPS) is 12.6. The van der Waals surface area contributed by atoms with Crippen LogP contribution in [0.3, 0.4) is 0 Å². The molecule has 18 heavy (non-hydrogen) atoms. The fraction of sp³-hybridized carbons (Fsp3) is 0.643. The second-order valence-corrected chi connectivity index (χ2v) is 4.48. The Hall–Kier alpha value is -0.970. The van der Waals surface area contributed by atoms with Crippen LogP contribution in [0.25, 0.3) is 0 Å². The molecular weight excluding hydrogens is 224 g/mol. The molecule has 0 aliphatic rings. The summed E-state index contributed by atoms with van der Waals surface area (Å²) in [6.45, 7) is 5.98. The van der Waals surface area contributed by atoms with Crippen molar-refractivity contribution in [1.29, 1.82) is 0 Å². The molecule has 1 unspecified atom stereocenters. The molecule has 1 atom stereocenters. The van der Waals surface area contributed by atoms with Gasteiger partial charge >= 0.3 is 0 Å². The Morgan fingerprint density at radius 2 is 2.17 bits per heavy atom. The van der Waals surface area contributed by atoms with Crippen molar-refractivity contribution in [2.45, 2.75) is 32.2 Å². The summed E-state index contributed by atoms with van der Waals surface area (Å²) in [6.07, 6.45) is 5.03. The van der Waals surface area contributed by atoms with Crippen molar-refractivity contribution < 1.29 is 0 Å². The molecule has 0 amide bonds. The third-order valence-electron chi connectivity index (χ3n) is 2.97. The second kappa shape index (κ2) is 10.00. The number of pyridine rings is 1. The Bertz CT molecular complexity index is 289. The van der Waals surface area contributed by atoms with Crippen LogP contribution in [0.4, 0.5) is 0 Å². The molecule has 0 aliphatic heterocycles. The average molecular weight is 250 g/mol. The highest BCUT2D eigenvalue weighted by atomic mass is 15.0. The highest BCUT2D eigenvalue weighted by Gasteiger charge is 2.06. The third kappa shape index (κ3) is 6.69. The van der Waals surface area contributed by atoms with Gasteiger partial charge in [-0.05, 0) is 38.1 Å². The number of nitrogens with two attached hydrogens (primary N) is 1. The van der Waals surface area contributed by atoms with Crippen molar-refractivity contribution in [3.8, 4) is 0 Å².